The monoisotopic (exact) mass is 433 g/mol. The fourth-order valence-corrected chi connectivity index (χ4v) is 4.51. The molecule has 3 heteroatoms. The smallest absolute Gasteiger partial charge is 0.202 e. The van der Waals surface area contributed by atoms with E-state index >= 15 is 0 Å². The van der Waals surface area contributed by atoms with E-state index in [0.29, 0.717) is 0 Å². The van der Waals surface area contributed by atoms with E-state index in [1.54, 1.807) is 0 Å². The van der Waals surface area contributed by atoms with Crippen LogP contribution in [0.15, 0.2) is 71.8 Å². The van der Waals surface area contributed by atoms with Crippen molar-refractivity contribution < 1.29 is 4.58 Å². The molecule has 0 bridgehead atoms. The van der Waals surface area contributed by atoms with Crippen LogP contribution in [-0.4, -0.2) is 37.0 Å². The topological polar surface area (TPSA) is 6.25 Å². The highest BCUT2D eigenvalue weighted by molar-refractivity contribution is 6.32. The van der Waals surface area contributed by atoms with Crippen molar-refractivity contribution in [3.63, 3.8) is 0 Å². The number of nitrogens with zero attached hydrogens (tertiary/aromatic N) is 2. The molecule has 2 aromatic carbocycles. The second-order valence-corrected chi connectivity index (χ2v) is 8.45. The number of rotatable bonds is 6. The second-order valence-electron chi connectivity index (χ2n) is 8.04. The molecule has 1 aliphatic carbocycles. The van der Waals surface area contributed by atoms with Gasteiger partial charge in [0.05, 0.1) is 0 Å². The first-order valence-corrected chi connectivity index (χ1v) is 11.6. The first-order chi connectivity index (χ1) is 14.9. The van der Waals surface area contributed by atoms with Crippen molar-refractivity contribution in [2.45, 2.75) is 34.6 Å². The van der Waals surface area contributed by atoms with Crippen LogP contribution >= 0.6 is 11.6 Å². The minimum absolute atomic E-state index is 0.773. The molecule has 0 aromatic heterocycles. The van der Waals surface area contributed by atoms with E-state index < -0.39 is 0 Å². The molecule has 0 fully saturated rings. The number of hydrogen-bond donors (Lipinski definition) is 0. The third-order valence-electron chi connectivity index (χ3n) is 6.10. The zero-order valence-corrected chi connectivity index (χ0v) is 20.4. The molecular formula is C28H34ClN2+. The van der Waals surface area contributed by atoms with Crippen LogP contribution in [0.1, 0.15) is 44.4 Å². The number of anilines is 1. The van der Waals surface area contributed by atoms with Gasteiger partial charge in [-0.2, -0.15) is 0 Å². The number of benzene rings is 2. The maximum Gasteiger partial charge on any atom is 0.202 e. The van der Waals surface area contributed by atoms with Crippen molar-refractivity contribution in [2.75, 3.05) is 31.6 Å². The normalized spacial score (nSPS) is 16.8. The summed E-state index contributed by atoms with van der Waals surface area (Å²) < 4.78 is 2.28. The van der Waals surface area contributed by atoms with Gasteiger partial charge in [-0.25, -0.2) is 4.58 Å². The maximum atomic E-state index is 6.69. The summed E-state index contributed by atoms with van der Waals surface area (Å²) in [4.78, 5) is 2.40. The lowest BCUT2D eigenvalue weighted by Crippen LogP contribution is -2.22. The predicted molar refractivity (Wildman–Crippen MR) is 137 cm³/mol. The number of halogens is 1. The largest absolute Gasteiger partial charge is 0.372 e. The fraction of sp³-hybridized carbons (Fsp3) is 0.321. The van der Waals surface area contributed by atoms with E-state index in [-0.39, 0.29) is 0 Å². The predicted octanol–water partition coefficient (Wildman–Crippen LogP) is 6.92. The van der Waals surface area contributed by atoms with Crippen LogP contribution in [0.5, 0.6) is 0 Å². The second kappa shape index (κ2) is 10.2. The van der Waals surface area contributed by atoms with Crippen molar-refractivity contribution in [1.82, 2.24) is 0 Å². The number of aryl methyl sites for hydroxylation is 1. The van der Waals surface area contributed by atoms with E-state index in [1.807, 2.05) is 12.1 Å². The Morgan fingerprint density at radius 1 is 0.968 bits per heavy atom. The van der Waals surface area contributed by atoms with E-state index in [1.165, 1.54) is 39.2 Å². The van der Waals surface area contributed by atoms with Gasteiger partial charge in [0.1, 0.15) is 13.6 Å². The Balaban J connectivity index is 2.23. The summed E-state index contributed by atoms with van der Waals surface area (Å²) in [6.45, 7) is 14.0. The SMILES string of the molecule is CCN(CC)c1ccc(C(=C2C=CC(=[N+](C)CC)C(C)=C2)c2ccccc2Cl)cc1C. The zero-order valence-electron chi connectivity index (χ0n) is 19.7. The zero-order chi connectivity index (χ0) is 22.5. The average Bonchev–Trinajstić information content (AvgIpc) is 2.77. The van der Waals surface area contributed by atoms with Gasteiger partial charge in [0.15, 0.2) is 0 Å². The third-order valence-corrected chi connectivity index (χ3v) is 6.43. The van der Waals surface area contributed by atoms with Gasteiger partial charge in [-0.1, -0.05) is 35.9 Å². The molecule has 2 nitrogen and oxygen atoms in total. The minimum Gasteiger partial charge on any atom is -0.372 e. The molecule has 0 unspecified atom stereocenters. The summed E-state index contributed by atoms with van der Waals surface area (Å²) in [5, 5.41) is 0.773. The molecule has 0 aliphatic heterocycles. The highest BCUT2D eigenvalue weighted by Crippen LogP contribution is 2.36. The Morgan fingerprint density at radius 2 is 1.68 bits per heavy atom. The average molecular weight is 434 g/mol. The lowest BCUT2D eigenvalue weighted by atomic mass is 9.88. The summed E-state index contributed by atoms with van der Waals surface area (Å²) in [6.07, 6.45) is 6.73. The maximum absolute atomic E-state index is 6.69. The van der Waals surface area contributed by atoms with Crippen molar-refractivity contribution >= 4 is 28.6 Å². The summed E-state index contributed by atoms with van der Waals surface area (Å²) in [6, 6.07) is 14.9. The van der Waals surface area contributed by atoms with Crippen molar-refractivity contribution in [1.29, 1.82) is 0 Å². The molecule has 0 amide bonds. The quantitative estimate of drug-likeness (QED) is 0.448. The molecule has 3 rings (SSSR count). The van der Waals surface area contributed by atoms with E-state index in [4.69, 9.17) is 11.6 Å². The standard InChI is InChI=1S/C28H34ClN2/c1-7-30(6)26-16-14-22(18-20(26)4)28(24-12-10-11-13-25(24)29)23-15-17-27(21(5)19-23)31(8-2)9-3/h10-19H,7-9H2,1-6H3/q+1. The molecule has 0 N–H and O–H groups in total. The van der Waals surface area contributed by atoms with Crippen molar-refractivity contribution in [2.24, 2.45) is 0 Å². The first kappa shape index (κ1) is 23.1. The van der Waals surface area contributed by atoms with Crippen LogP contribution in [0.4, 0.5) is 5.69 Å². The van der Waals surface area contributed by atoms with Crippen LogP contribution in [0.3, 0.4) is 0 Å². The van der Waals surface area contributed by atoms with Gasteiger partial charge in [0, 0.05) is 41.0 Å². The summed E-state index contributed by atoms with van der Waals surface area (Å²) >= 11 is 6.69. The summed E-state index contributed by atoms with van der Waals surface area (Å²) in [5.41, 5.74) is 9.73. The molecule has 0 saturated heterocycles. The van der Waals surface area contributed by atoms with Crippen LogP contribution in [0.25, 0.3) is 5.57 Å². The Hall–Kier alpha value is -2.58. The fourth-order valence-electron chi connectivity index (χ4n) is 4.28. The van der Waals surface area contributed by atoms with Gasteiger partial charge < -0.3 is 4.90 Å². The molecule has 0 saturated carbocycles. The highest BCUT2D eigenvalue weighted by Gasteiger charge is 2.19. The first-order valence-electron chi connectivity index (χ1n) is 11.2. The van der Waals surface area contributed by atoms with Crippen molar-refractivity contribution in [3.8, 4) is 0 Å². The molecule has 0 heterocycles. The van der Waals surface area contributed by atoms with E-state index in [2.05, 4.69) is 99.7 Å². The summed E-state index contributed by atoms with van der Waals surface area (Å²) in [5.74, 6) is 0. The Kier molecular flexibility index (Phi) is 7.56. The van der Waals surface area contributed by atoms with Gasteiger partial charge in [-0.05, 0) is 87.2 Å². The van der Waals surface area contributed by atoms with E-state index in [0.717, 1.165) is 30.2 Å². The molecule has 0 atom stereocenters. The molecular weight excluding hydrogens is 400 g/mol. The summed E-state index contributed by atoms with van der Waals surface area (Å²) in [7, 11) is 2.13. The van der Waals surface area contributed by atoms with Crippen molar-refractivity contribution in [3.05, 3.63) is 93.6 Å². The van der Waals surface area contributed by atoms with Gasteiger partial charge in [-0.15, -0.1) is 0 Å². The van der Waals surface area contributed by atoms with Gasteiger partial charge in [0.2, 0.25) is 5.71 Å². The molecule has 31 heavy (non-hydrogen) atoms. The van der Waals surface area contributed by atoms with Crippen LogP contribution in [0, 0.1) is 6.92 Å². The molecule has 162 valence electrons. The molecule has 0 spiro atoms. The van der Waals surface area contributed by atoms with Gasteiger partial charge in [0.25, 0.3) is 0 Å². The lowest BCUT2D eigenvalue weighted by molar-refractivity contribution is -0.492. The highest BCUT2D eigenvalue weighted by atomic mass is 35.5. The van der Waals surface area contributed by atoms with Gasteiger partial charge in [-0.3, -0.25) is 0 Å². The Bertz CT molecular complexity index is 1080. The Labute approximate surface area is 192 Å². The van der Waals surface area contributed by atoms with Crippen LogP contribution < -0.4 is 4.90 Å². The lowest BCUT2D eigenvalue weighted by Gasteiger charge is -2.24. The van der Waals surface area contributed by atoms with Crippen LogP contribution in [0.2, 0.25) is 5.02 Å². The molecule has 2 aromatic rings. The molecule has 1 aliphatic rings. The van der Waals surface area contributed by atoms with Crippen LogP contribution in [-0.2, 0) is 0 Å². The number of hydrogen-bond acceptors (Lipinski definition) is 1. The molecule has 0 radical (unpaired) electrons. The van der Waals surface area contributed by atoms with E-state index in [9.17, 15) is 0 Å². The third kappa shape index (κ3) is 4.85. The minimum atomic E-state index is 0.773. The number of allylic oxidation sites excluding steroid dienone is 5. The van der Waals surface area contributed by atoms with Gasteiger partial charge >= 0.3 is 0 Å². The Morgan fingerprint density at radius 3 is 2.26 bits per heavy atom.